The summed E-state index contributed by atoms with van der Waals surface area (Å²) >= 11 is 0. The SMILES string of the molecule is COC(C(=O)Nc1cc(CC2CCCCC2)[nH]n1)c1cnn(C)c1. The van der Waals surface area contributed by atoms with E-state index in [1.165, 1.54) is 39.2 Å². The van der Waals surface area contributed by atoms with Crippen molar-refractivity contribution < 1.29 is 9.53 Å². The molecule has 0 bridgehead atoms. The zero-order valence-corrected chi connectivity index (χ0v) is 14.3. The van der Waals surface area contributed by atoms with Crippen LogP contribution in [0.5, 0.6) is 0 Å². The summed E-state index contributed by atoms with van der Waals surface area (Å²) < 4.78 is 6.95. The van der Waals surface area contributed by atoms with E-state index in [-0.39, 0.29) is 5.91 Å². The third kappa shape index (κ3) is 4.03. The van der Waals surface area contributed by atoms with Crippen molar-refractivity contribution >= 4 is 11.7 Å². The maximum absolute atomic E-state index is 12.4. The van der Waals surface area contributed by atoms with Crippen LogP contribution in [-0.4, -0.2) is 33.0 Å². The average Bonchev–Trinajstić information content (AvgIpc) is 3.18. The number of carbonyl (C=O) groups is 1. The van der Waals surface area contributed by atoms with Gasteiger partial charge in [0.15, 0.2) is 11.9 Å². The minimum absolute atomic E-state index is 0.249. The van der Waals surface area contributed by atoms with Gasteiger partial charge in [-0.25, -0.2) is 0 Å². The molecule has 1 aliphatic rings. The van der Waals surface area contributed by atoms with Crippen molar-refractivity contribution in [2.24, 2.45) is 13.0 Å². The van der Waals surface area contributed by atoms with Crippen molar-refractivity contribution in [1.29, 1.82) is 0 Å². The van der Waals surface area contributed by atoms with Crippen molar-refractivity contribution in [3.05, 3.63) is 29.7 Å². The van der Waals surface area contributed by atoms with Crippen LogP contribution in [0.25, 0.3) is 0 Å². The third-order valence-electron chi connectivity index (χ3n) is 4.62. The van der Waals surface area contributed by atoms with Crippen molar-refractivity contribution in [3.63, 3.8) is 0 Å². The molecular formula is C17H25N5O2. The predicted molar refractivity (Wildman–Crippen MR) is 90.5 cm³/mol. The van der Waals surface area contributed by atoms with Crippen LogP contribution in [0.3, 0.4) is 0 Å². The maximum Gasteiger partial charge on any atom is 0.259 e. The van der Waals surface area contributed by atoms with E-state index in [1.54, 1.807) is 24.1 Å². The lowest BCUT2D eigenvalue weighted by atomic mass is 9.86. The number of H-pyrrole nitrogens is 1. The number of nitrogens with zero attached hydrogens (tertiary/aromatic N) is 3. The standard InChI is InChI=1S/C17H25N5O2/c1-22-11-13(10-18-22)16(24-2)17(23)19-15-9-14(20-21-15)8-12-6-4-3-5-7-12/h9-12,16H,3-8H2,1-2H3,(H2,19,20,21,23). The number of anilines is 1. The van der Waals surface area contributed by atoms with Crippen LogP contribution in [0.2, 0.25) is 0 Å². The molecule has 2 aromatic rings. The smallest absolute Gasteiger partial charge is 0.259 e. The van der Waals surface area contributed by atoms with Crippen molar-refractivity contribution in [2.45, 2.75) is 44.6 Å². The molecule has 1 unspecified atom stereocenters. The van der Waals surface area contributed by atoms with E-state index in [9.17, 15) is 4.79 Å². The second kappa shape index (κ2) is 7.61. The van der Waals surface area contributed by atoms with Gasteiger partial charge in [-0.2, -0.15) is 10.2 Å². The second-order valence-corrected chi connectivity index (χ2v) is 6.54. The Bertz CT molecular complexity index is 672. The summed E-state index contributed by atoms with van der Waals surface area (Å²) in [5.41, 5.74) is 1.79. The predicted octanol–water partition coefficient (Wildman–Crippen LogP) is 2.59. The number of methoxy groups -OCH3 is 1. The summed E-state index contributed by atoms with van der Waals surface area (Å²) in [6.45, 7) is 0. The van der Waals surface area contributed by atoms with Gasteiger partial charge in [0.05, 0.1) is 6.20 Å². The maximum atomic E-state index is 12.4. The number of carbonyl (C=O) groups excluding carboxylic acids is 1. The van der Waals surface area contributed by atoms with Crippen molar-refractivity contribution in [1.82, 2.24) is 20.0 Å². The highest BCUT2D eigenvalue weighted by Crippen LogP contribution is 2.27. The fourth-order valence-electron chi connectivity index (χ4n) is 3.39. The van der Waals surface area contributed by atoms with Gasteiger partial charge in [0, 0.05) is 37.7 Å². The number of hydrogen-bond acceptors (Lipinski definition) is 4. The van der Waals surface area contributed by atoms with Crippen LogP contribution in [-0.2, 0) is 23.0 Å². The fraction of sp³-hybridized carbons (Fsp3) is 0.588. The molecule has 1 amide bonds. The quantitative estimate of drug-likeness (QED) is 0.852. The van der Waals surface area contributed by atoms with Crippen LogP contribution >= 0.6 is 0 Å². The van der Waals surface area contributed by atoms with Crippen molar-refractivity contribution in [2.75, 3.05) is 12.4 Å². The zero-order valence-electron chi connectivity index (χ0n) is 14.3. The van der Waals surface area contributed by atoms with E-state index in [2.05, 4.69) is 20.6 Å². The number of rotatable bonds is 6. The van der Waals surface area contributed by atoms with Crippen LogP contribution < -0.4 is 5.32 Å². The summed E-state index contributed by atoms with van der Waals surface area (Å²) in [6, 6.07) is 1.92. The molecular weight excluding hydrogens is 306 g/mol. The lowest BCUT2D eigenvalue weighted by Gasteiger charge is -2.20. The lowest BCUT2D eigenvalue weighted by molar-refractivity contribution is -0.126. The first-order valence-electron chi connectivity index (χ1n) is 8.52. The first kappa shape index (κ1) is 16.7. The molecule has 0 radical (unpaired) electrons. The first-order chi connectivity index (χ1) is 11.7. The Balaban J connectivity index is 1.59. The second-order valence-electron chi connectivity index (χ2n) is 6.54. The molecule has 3 rings (SSSR count). The fourth-order valence-corrected chi connectivity index (χ4v) is 3.39. The molecule has 1 atom stereocenters. The van der Waals surface area contributed by atoms with Gasteiger partial charge in [-0.1, -0.05) is 32.1 Å². The highest BCUT2D eigenvalue weighted by Gasteiger charge is 2.23. The Morgan fingerprint density at radius 2 is 2.25 bits per heavy atom. The molecule has 0 aromatic carbocycles. The number of amides is 1. The third-order valence-corrected chi connectivity index (χ3v) is 4.62. The van der Waals surface area contributed by atoms with E-state index in [0.717, 1.165) is 23.6 Å². The summed E-state index contributed by atoms with van der Waals surface area (Å²) in [4.78, 5) is 12.4. The monoisotopic (exact) mass is 331 g/mol. The van der Waals surface area contributed by atoms with E-state index >= 15 is 0 Å². The molecule has 0 spiro atoms. The average molecular weight is 331 g/mol. The number of aromatic amines is 1. The summed E-state index contributed by atoms with van der Waals surface area (Å²) in [6.07, 6.45) is 10.3. The molecule has 24 heavy (non-hydrogen) atoms. The highest BCUT2D eigenvalue weighted by molar-refractivity contribution is 5.94. The topological polar surface area (TPSA) is 84.8 Å². The summed E-state index contributed by atoms with van der Waals surface area (Å²) in [5, 5.41) is 14.1. The van der Waals surface area contributed by atoms with Gasteiger partial charge < -0.3 is 10.1 Å². The van der Waals surface area contributed by atoms with Gasteiger partial charge >= 0.3 is 0 Å². The van der Waals surface area contributed by atoms with Gasteiger partial charge in [-0.15, -0.1) is 0 Å². The number of ether oxygens (including phenoxy) is 1. The first-order valence-corrected chi connectivity index (χ1v) is 8.52. The number of hydrogen-bond donors (Lipinski definition) is 2. The van der Waals surface area contributed by atoms with Gasteiger partial charge in [0.25, 0.3) is 5.91 Å². The Kier molecular flexibility index (Phi) is 5.30. The Hall–Kier alpha value is -2.15. The molecule has 2 heterocycles. The van der Waals surface area contributed by atoms with Crippen LogP contribution in [0.4, 0.5) is 5.82 Å². The molecule has 2 N–H and O–H groups in total. The molecule has 0 aliphatic heterocycles. The number of nitrogens with one attached hydrogen (secondary N) is 2. The van der Waals surface area contributed by atoms with E-state index < -0.39 is 6.10 Å². The summed E-state index contributed by atoms with van der Waals surface area (Å²) in [5.74, 6) is 1.02. The molecule has 7 heteroatoms. The molecule has 1 aliphatic carbocycles. The molecule has 7 nitrogen and oxygen atoms in total. The van der Waals surface area contributed by atoms with Crippen molar-refractivity contribution in [3.8, 4) is 0 Å². The van der Waals surface area contributed by atoms with Gasteiger partial charge in [0.1, 0.15) is 0 Å². The van der Waals surface area contributed by atoms with E-state index in [4.69, 9.17) is 4.74 Å². The molecule has 2 aromatic heterocycles. The number of aryl methyl sites for hydroxylation is 1. The Morgan fingerprint density at radius 1 is 1.46 bits per heavy atom. The number of aromatic nitrogens is 4. The van der Waals surface area contributed by atoms with Crippen LogP contribution in [0.1, 0.15) is 49.5 Å². The molecule has 0 saturated heterocycles. The molecule has 130 valence electrons. The van der Waals surface area contributed by atoms with Crippen LogP contribution in [0.15, 0.2) is 18.5 Å². The molecule has 1 fully saturated rings. The van der Waals surface area contributed by atoms with Gasteiger partial charge in [-0.05, 0) is 12.3 Å². The zero-order chi connectivity index (χ0) is 16.9. The van der Waals surface area contributed by atoms with E-state index in [1.807, 2.05) is 6.07 Å². The normalized spacial score (nSPS) is 16.9. The van der Waals surface area contributed by atoms with Crippen LogP contribution in [0, 0.1) is 5.92 Å². The molecule has 1 saturated carbocycles. The Labute approximate surface area is 141 Å². The van der Waals surface area contributed by atoms with Gasteiger partial charge in [0.2, 0.25) is 0 Å². The van der Waals surface area contributed by atoms with E-state index in [0.29, 0.717) is 5.82 Å². The summed E-state index contributed by atoms with van der Waals surface area (Å²) in [7, 11) is 3.32. The largest absolute Gasteiger partial charge is 0.367 e. The Morgan fingerprint density at radius 3 is 2.92 bits per heavy atom. The minimum atomic E-state index is -0.697. The highest BCUT2D eigenvalue weighted by atomic mass is 16.5. The van der Waals surface area contributed by atoms with Gasteiger partial charge in [-0.3, -0.25) is 14.6 Å². The lowest BCUT2D eigenvalue weighted by Crippen LogP contribution is -2.22. The minimum Gasteiger partial charge on any atom is -0.367 e.